The van der Waals surface area contributed by atoms with Crippen LogP contribution in [0.5, 0.6) is 0 Å². The van der Waals surface area contributed by atoms with Crippen LogP contribution in [0.25, 0.3) is 11.0 Å². The minimum Gasteiger partial charge on any atom is -0.345 e. The number of aryl methyl sites for hydroxylation is 1. The number of nitrogens with zero attached hydrogens (tertiary/aromatic N) is 5. The lowest BCUT2D eigenvalue weighted by molar-refractivity contribution is -0.119. The molecule has 0 spiro atoms. The molecule has 3 N–H and O–H groups in total. The summed E-state index contributed by atoms with van der Waals surface area (Å²) in [5, 5.41) is 16.4. The Labute approximate surface area is 194 Å². The van der Waals surface area contributed by atoms with Crippen molar-refractivity contribution in [1.29, 1.82) is 0 Å². The van der Waals surface area contributed by atoms with Gasteiger partial charge in [-0.2, -0.15) is 5.10 Å². The van der Waals surface area contributed by atoms with Crippen LogP contribution < -0.4 is 10.9 Å². The fourth-order valence-electron chi connectivity index (χ4n) is 3.89. The Morgan fingerprint density at radius 2 is 2.03 bits per heavy atom. The predicted molar refractivity (Wildman–Crippen MR) is 127 cm³/mol. The number of hydrogen-bond donors (Lipinski definition) is 3. The molecule has 33 heavy (non-hydrogen) atoms. The van der Waals surface area contributed by atoms with Crippen LogP contribution in [0.3, 0.4) is 0 Å². The molecule has 9 nitrogen and oxygen atoms in total. The zero-order valence-corrected chi connectivity index (χ0v) is 19.5. The molecule has 0 aliphatic carbocycles. The molecular formula is C24H32N8O. The summed E-state index contributed by atoms with van der Waals surface area (Å²) >= 11 is 0. The molecule has 0 radical (unpaired) electrons. The highest BCUT2D eigenvalue weighted by Gasteiger charge is 2.22. The molecule has 0 fully saturated rings. The largest absolute Gasteiger partial charge is 0.345 e. The number of carbonyl (C=O) groups is 1. The predicted octanol–water partition coefficient (Wildman–Crippen LogP) is 2.70. The van der Waals surface area contributed by atoms with Crippen molar-refractivity contribution < 1.29 is 4.79 Å². The zero-order valence-electron chi connectivity index (χ0n) is 19.5. The van der Waals surface area contributed by atoms with Crippen LogP contribution in [0.2, 0.25) is 0 Å². The monoisotopic (exact) mass is 448 g/mol. The van der Waals surface area contributed by atoms with Crippen molar-refractivity contribution in [3.8, 4) is 0 Å². The van der Waals surface area contributed by atoms with Crippen LogP contribution in [0, 0.1) is 5.92 Å². The number of aromatic amines is 1. The Kier molecular flexibility index (Phi) is 7.19. The van der Waals surface area contributed by atoms with Gasteiger partial charge in [-0.25, -0.2) is 0 Å². The molecule has 3 aromatic heterocycles. The second-order valence-electron chi connectivity index (χ2n) is 8.86. The van der Waals surface area contributed by atoms with E-state index in [1.165, 1.54) is 5.69 Å². The van der Waals surface area contributed by atoms with Gasteiger partial charge in [-0.3, -0.25) is 19.8 Å². The van der Waals surface area contributed by atoms with Crippen molar-refractivity contribution in [3.05, 3.63) is 65.5 Å². The highest BCUT2D eigenvalue weighted by molar-refractivity contribution is 5.92. The van der Waals surface area contributed by atoms with Gasteiger partial charge in [0.1, 0.15) is 5.70 Å². The molecule has 0 aromatic carbocycles. The summed E-state index contributed by atoms with van der Waals surface area (Å²) in [7, 11) is 1.83. The van der Waals surface area contributed by atoms with Gasteiger partial charge in [0.05, 0.1) is 17.9 Å². The Morgan fingerprint density at radius 1 is 1.15 bits per heavy atom. The third-order valence-corrected chi connectivity index (χ3v) is 5.50. The van der Waals surface area contributed by atoms with Gasteiger partial charge in [0.15, 0.2) is 5.65 Å². The van der Waals surface area contributed by atoms with Crippen LogP contribution >= 0.6 is 0 Å². The Morgan fingerprint density at radius 3 is 2.82 bits per heavy atom. The summed E-state index contributed by atoms with van der Waals surface area (Å²) in [6.45, 7) is 5.61. The van der Waals surface area contributed by atoms with Crippen molar-refractivity contribution >= 4 is 16.9 Å². The highest BCUT2D eigenvalue weighted by Crippen LogP contribution is 2.17. The number of carbonyl (C=O) groups excluding carboxylic acids is 1. The molecule has 9 heteroatoms. The van der Waals surface area contributed by atoms with Gasteiger partial charge >= 0.3 is 0 Å². The number of amides is 1. The molecule has 1 aliphatic heterocycles. The van der Waals surface area contributed by atoms with E-state index in [9.17, 15) is 4.79 Å². The van der Waals surface area contributed by atoms with Crippen LogP contribution in [0.15, 0.2) is 48.4 Å². The van der Waals surface area contributed by atoms with Crippen LogP contribution in [0.1, 0.15) is 43.8 Å². The third kappa shape index (κ3) is 6.07. The maximum absolute atomic E-state index is 12.5. The molecule has 0 saturated heterocycles. The van der Waals surface area contributed by atoms with E-state index in [1.54, 1.807) is 11.2 Å². The van der Waals surface area contributed by atoms with E-state index < -0.39 is 0 Å². The normalized spacial score (nSPS) is 13.8. The summed E-state index contributed by atoms with van der Waals surface area (Å²) in [6.07, 6.45) is 7.40. The molecule has 0 unspecified atom stereocenters. The van der Waals surface area contributed by atoms with Gasteiger partial charge in [0, 0.05) is 37.1 Å². The smallest absolute Gasteiger partial charge is 0.270 e. The average Bonchev–Trinajstić information content (AvgIpc) is 3.37. The number of hydrogen-bond acceptors (Lipinski definition) is 7. The third-order valence-electron chi connectivity index (χ3n) is 5.50. The first-order valence-corrected chi connectivity index (χ1v) is 11.5. The maximum atomic E-state index is 12.5. The van der Waals surface area contributed by atoms with Crippen molar-refractivity contribution in [1.82, 2.24) is 41.0 Å². The first kappa shape index (κ1) is 22.7. The van der Waals surface area contributed by atoms with Gasteiger partial charge in [0.2, 0.25) is 0 Å². The molecule has 0 saturated carbocycles. The standard InChI is InChI=1S/C24H32N8O/c1-17(2)12-21-14-18-13-19(28-29-23(18)27-21)8-5-7-11-32-16-22(31(3)30-32)24(33)26-15-20-9-4-6-10-25-20/h4,6,9-10,13-14,16-17,30H,5,7-8,11-12,15H2,1-3H3,(H,26,33)(H,27,29). The van der Waals surface area contributed by atoms with Crippen molar-refractivity contribution in [2.75, 3.05) is 13.6 Å². The first-order valence-electron chi connectivity index (χ1n) is 11.5. The molecule has 1 aliphatic rings. The summed E-state index contributed by atoms with van der Waals surface area (Å²) in [6, 6.07) is 9.97. The van der Waals surface area contributed by atoms with E-state index in [1.807, 2.05) is 36.5 Å². The molecular weight excluding hydrogens is 416 g/mol. The Hall–Kier alpha value is -3.46. The highest BCUT2D eigenvalue weighted by atomic mass is 16.2. The van der Waals surface area contributed by atoms with Gasteiger partial charge in [-0.15, -0.1) is 10.6 Å². The minimum absolute atomic E-state index is 0.134. The SMILES string of the molecule is CC(C)Cc1cc2cc(CCCCN3C=C(C(=O)NCc4ccccn4)N(C)N3)nnc2[nH]1. The van der Waals surface area contributed by atoms with E-state index in [-0.39, 0.29) is 5.91 Å². The lowest BCUT2D eigenvalue weighted by Gasteiger charge is -2.20. The first-order chi connectivity index (χ1) is 16.0. The van der Waals surface area contributed by atoms with Gasteiger partial charge in [-0.1, -0.05) is 19.9 Å². The molecule has 1 amide bonds. The van der Waals surface area contributed by atoms with E-state index >= 15 is 0 Å². The average molecular weight is 449 g/mol. The summed E-state index contributed by atoms with van der Waals surface area (Å²) in [5.74, 6) is 0.468. The minimum atomic E-state index is -0.134. The number of H-pyrrole nitrogens is 1. The van der Waals surface area contributed by atoms with Crippen molar-refractivity contribution in [3.63, 3.8) is 0 Å². The number of pyridine rings is 1. The molecule has 0 bridgehead atoms. The molecule has 174 valence electrons. The lowest BCUT2D eigenvalue weighted by Crippen LogP contribution is -2.40. The quantitative estimate of drug-likeness (QED) is 0.410. The Bertz CT molecular complexity index is 1110. The van der Waals surface area contributed by atoms with E-state index in [0.29, 0.717) is 18.2 Å². The number of nitrogens with one attached hydrogen (secondary N) is 3. The maximum Gasteiger partial charge on any atom is 0.270 e. The number of likely N-dealkylation sites (N-methyl/N-ethyl adjacent to an activating group) is 1. The van der Waals surface area contributed by atoms with Gasteiger partial charge in [-0.05, 0) is 55.9 Å². The van der Waals surface area contributed by atoms with E-state index in [0.717, 1.165) is 54.6 Å². The number of fused-ring (bicyclic) bond motifs is 1. The fraction of sp³-hybridized carbons (Fsp3) is 0.417. The fourth-order valence-corrected chi connectivity index (χ4v) is 3.89. The number of rotatable bonds is 10. The second-order valence-corrected chi connectivity index (χ2v) is 8.86. The number of hydrazine groups is 2. The Balaban J connectivity index is 1.23. The van der Waals surface area contributed by atoms with Crippen LogP contribution in [-0.4, -0.2) is 49.7 Å². The van der Waals surface area contributed by atoms with E-state index in [2.05, 4.69) is 57.0 Å². The van der Waals surface area contributed by atoms with Crippen LogP contribution in [0.4, 0.5) is 0 Å². The van der Waals surface area contributed by atoms with Gasteiger partial charge < -0.3 is 10.3 Å². The molecule has 3 aromatic rings. The molecule has 0 atom stereocenters. The van der Waals surface area contributed by atoms with Crippen LogP contribution in [-0.2, 0) is 24.2 Å². The topological polar surface area (TPSA) is 102 Å². The van der Waals surface area contributed by atoms with E-state index in [4.69, 9.17) is 0 Å². The molecule has 4 heterocycles. The zero-order chi connectivity index (χ0) is 23.2. The number of aromatic nitrogens is 4. The second kappa shape index (κ2) is 10.4. The van der Waals surface area contributed by atoms with Crippen molar-refractivity contribution in [2.24, 2.45) is 5.92 Å². The van der Waals surface area contributed by atoms with Crippen molar-refractivity contribution in [2.45, 2.75) is 46.1 Å². The summed E-state index contributed by atoms with van der Waals surface area (Å²) in [4.78, 5) is 20.1. The summed E-state index contributed by atoms with van der Waals surface area (Å²) in [5.41, 5.74) is 7.67. The van der Waals surface area contributed by atoms with Gasteiger partial charge in [0.25, 0.3) is 5.91 Å². The summed E-state index contributed by atoms with van der Waals surface area (Å²) < 4.78 is 0. The molecule has 4 rings (SSSR count). The number of unbranched alkanes of at least 4 members (excludes halogenated alkanes) is 1. The lowest BCUT2D eigenvalue weighted by atomic mass is 10.1.